The van der Waals surface area contributed by atoms with Gasteiger partial charge < -0.3 is 9.47 Å². The Morgan fingerprint density at radius 2 is 1.39 bits per heavy atom. The van der Waals surface area contributed by atoms with E-state index < -0.39 is 17.9 Å². The van der Waals surface area contributed by atoms with Gasteiger partial charge in [-0.25, -0.2) is 0 Å². The summed E-state index contributed by atoms with van der Waals surface area (Å²) >= 11 is 0. The maximum absolute atomic E-state index is 11.5. The van der Waals surface area contributed by atoms with Crippen LogP contribution >= 0.6 is 0 Å². The van der Waals surface area contributed by atoms with Crippen molar-refractivity contribution >= 4 is 11.9 Å². The zero-order chi connectivity index (χ0) is 13.2. The Bertz CT molecular complexity index is 245. The largest absolute Gasteiger partial charge is 0.461 e. The van der Waals surface area contributed by atoms with Crippen molar-refractivity contribution in [2.75, 3.05) is 13.2 Å². The summed E-state index contributed by atoms with van der Waals surface area (Å²) in [5, 5.41) is 0. The predicted octanol–water partition coefficient (Wildman–Crippen LogP) is 2.84. The van der Waals surface area contributed by atoms with Crippen molar-refractivity contribution in [3.05, 3.63) is 0 Å². The molecule has 4 heteroatoms. The van der Waals surface area contributed by atoms with Gasteiger partial charge in [-0.3, -0.25) is 9.59 Å². The summed E-state index contributed by atoms with van der Waals surface area (Å²) in [6.45, 7) is 2.58. The van der Waals surface area contributed by atoms with Crippen LogP contribution in [0.1, 0.15) is 58.3 Å². The molecule has 0 unspecified atom stereocenters. The molecule has 0 atom stereocenters. The predicted molar refractivity (Wildman–Crippen MR) is 68.0 cm³/mol. The Hall–Kier alpha value is -1.06. The summed E-state index contributed by atoms with van der Waals surface area (Å²) < 4.78 is 9.82. The van der Waals surface area contributed by atoms with Gasteiger partial charge in [0.15, 0.2) is 5.92 Å². The summed E-state index contributed by atoms with van der Waals surface area (Å²) in [4.78, 5) is 23.0. The highest BCUT2D eigenvalue weighted by molar-refractivity contribution is 5.95. The molecule has 0 aliphatic carbocycles. The molecule has 0 saturated carbocycles. The molecule has 1 aliphatic heterocycles. The fourth-order valence-electron chi connectivity index (χ4n) is 2.12. The molecule has 0 aromatic carbocycles. The Balaban J connectivity index is 2.12. The van der Waals surface area contributed by atoms with E-state index in [9.17, 15) is 9.59 Å². The van der Waals surface area contributed by atoms with Crippen LogP contribution in [-0.2, 0) is 19.1 Å². The SMILES string of the molecule is CCCCCCCCCC1C(=O)OCCOC1=O. The molecule has 4 nitrogen and oxygen atoms in total. The van der Waals surface area contributed by atoms with Gasteiger partial charge >= 0.3 is 11.9 Å². The lowest BCUT2D eigenvalue weighted by Crippen LogP contribution is -2.24. The number of hydrogen-bond donors (Lipinski definition) is 0. The van der Waals surface area contributed by atoms with Gasteiger partial charge in [0.25, 0.3) is 0 Å². The number of hydrogen-bond acceptors (Lipinski definition) is 4. The number of unbranched alkanes of at least 4 members (excludes halogenated alkanes) is 6. The second kappa shape index (κ2) is 8.95. The van der Waals surface area contributed by atoms with Crippen molar-refractivity contribution in [1.82, 2.24) is 0 Å². The van der Waals surface area contributed by atoms with Crippen molar-refractivity contribution in [3.63, 3.8) is 0 Å². The van der Waals surface area contributed by atoms with Gasteiger partial charge in [0.2, 0.25) is 0 Å². The minimum Gasteiger partial charge on any atom is -0.461 e. The Morgan fingerprint density at radius 1 is 0.889 bits per heavy atom. The Morgan fingerprint density at radius 3 is 1.94 bits per heavy atom. The first kappa shape index (κ1) is 15.0. The van der Waals surface area contributed by atoms with Crippen molar-refractivity contribution in [3.8, 4) is 0 Å². The molecule has 0 radical (unpaired) electrons. The normalized spacial score (nSPS) is 17.2. The van der Waals surface area contributed by atoms with Gasteiger partial charge in [-0.15, -0.1) is 0 Å². The molecule has 1 heterocycles. The summed E-state index contributed by atoms with van der Waals surface area (Å²) in [5.74, 6) is -1.52. The average molecular weight is 256 g/mol. The average Bonchev–Trinajstić information content (AvgIpc) is 2.51. The Labute approximate surface area is 109 Å². The number of esters is 2. The highest BCUT2D eigenvalue weighted by atomic mass is 16.6. The minimum absolute atomic E-state index is 0.193. The van der Waals surface area contributed by atoms with Crippen LogP contribution in [0.2, 0.25) is 0 Å². The van der Waals surface area contributed by atoms with Crippen LogP contribution in [-0.4, -0.2) is 25.2 Å². The lowest BCUT2D eigenvalue weighted by Gasteiger charge is -2.09. The molecular weight excluding hydrogens is 232 g/mol. The summed E-state index contributed by atoms with van der Waals surface area (Å²) in [6, 6.07) is 0. The summed E-state index contributed by atoms with van der Waals surface area (Å²) in [5.41, 5.74) is 0. The highest BCUT2D eigenvalue weighted by Gasteiger charge is 2.31. The van der Waals surface area contributed by atoms with Crippen LogP contribution in [0.4, 0.5) is 0 Å². The lowest BCUT2D eigenvalue weighted by molar-refractivity contribution is -0.154. The number of carbonyl (C=O) groups excluding carboxylic acids is 2. The third-order valence-electron chi connectivity index (χ3n) is 3.24. The van der Waals surface area contributed by atoms with Crippen molar-refractivity contribution < 1.29 is 19.1 Å². The monoisotopic (exact) mass is 256 g/mol. The second-order valence-corrected chi connectivity index (χ2v) is 4.80. The van der Waals surface area contributed by atoms with E-state index in [4.69, 9.17) is 9.47 Å². The van der Waals surface area contributed by atoms with E-state index >= 15 is 0 Å². The zero-order valence-electron chi connectivity index (χ0n) is 11.3. The number of rotatable bonds is 8. The first-order valence-electron chi connectivity index (χ1n) is 7.09. The summed E-state index contributed by atoms with van der Waals surface area (Å²) in [6.07, 6.45) is 8.77. The Kier molecular flexibility index (Phi) is 7.46. The molecule has 1 rings (SSSR count). The zero-order valence-corrected chi connectivity index (χ0v) is 11.3. The van der Waals surface area contributed by atoms with E-state index in [2.05, 4.69) is 6.92 Å². The molecule has 0 N–H and O–H groups in total. The molecule has 18 heavy (non-hydrogen) atoms. The number of carbonyl (C=O) groups is 2. The van der Waals surface area contributed by atoms with Gasteiger partial charge in [-0.1, -0.05) is 51.9 Å². The maximum Gasteiger partial charge on any atom is 0.320 e. The van der Waals surface area contributed by atoms with Gasteiger partial charge in [-0.05, 0) is 6.42 Å². The van der Waals surface area contributed by atoms with Crippen molar-refractivity contribution in [2.24, 2.45) is 5.92 Å². The third kappa shape index (κ3) is 5.52. The van der Waals surface area contributed by atoms with Crippen LogP contribution in [0.15, 0.2) is 0 Å². The third-order valence-corrected chi connectivity index (χ3v) is 3.24. The molecule has 104 valence electrons. The first-order chi connectivity index (χ1) is 8.75. The fraction of sp³-hybridized carbons (Fsp3) is 0.857. The molecule has 1 aliphatic rings. The standard InChI is InChI=1S/C14H24O4/c1-2-3-4-5-6-7-8-9-12-13(15)17-10-11-18-14(12)16/h12H,2-11H2,1H3. The van der Waals surface area contributed by atoms with Crippen LogP contribution in [0.25, 0.3) is 0 Å². The number of ether oxygens (including phenoxy) is 2. The van der Waals surface area contributed by atoms with Gasteiger partial charge in [0.1, 0.15) is 13.2 Å². The van der Waals surface area contributed by atoms with Crippen LogP contribution in [0.5, 0.6) is 0 Å². The van der Waals surface area contributed by atoms with E-state index in [0.29, 0.717) is 6.42 Å². The van der Waals surface area contributed by atoms with E-state index in [1.54, 1.807) is 0 Å². The molecule has 0 amide bonds. The van der Waals surface area contributed by atoms with Crippen LogP contribution in [0.3, 0.4) is 0 Å². The highest BCUT2D eigenvalue weighted by Crippen LogP contribution is 2.17. The molecule has 0 spiro atoms. The smallest absolute Gasteiger partial charge is 0.320 e. The van der Waals surface area contributed by atoms with E-state index in [0.717, 1.165) is 12.8 Å². The minimum atomic E-state index is -0.692. The lowest BCUT2D eigenvalue weighted by atomic mass is 10.0. The van der Waals surface area contributed by atoms with Crippen molar-refractivity contribution in [2.45, 2.75) is 58.3 Å². The second-order valence-electron chi connectivity index (χ2n) is 4.80. The van der Waals surface area contributed by atoms with Gasteiger partial charge in [-0.2, -0.15) is 0 Å². The molecule has 0 bridgehead atoms. The molecule has 0 aromatic heterocycles. The molecule has 1 fully saturated rings. The quantitative estimate of drug-likeness (QED) is 0.381. The van der Waals surface area contributed by atoms with Gasteiger partial charge in [0, 0.05) is 0 Å². The van der Waals surface area contributed by atoms with Crippen LogP contribution < -0.4 is 0 Å². The van der Waals surface area contributed by atoms with E-state index in [1.165, 1.54) is 32.1 Å². The van der Waals surface area contributed by atoms with E-state index in [-0.39, 0.29) is 13.2 Å². The summed E-state index contributed by atoms with van der Waals surface area (Å²) in [7, 11) is 0. The fourth-order valence-corrected chi connectivity index (χ4v) is 2.12. The van der Waals surface area contributed by atoms with Crippen molar-refractivity contribution in [1.29, 1.82) is 0 Å². The molecule has 1 saturated heterocycles. The van der Waals surface area contributed by atoms with Gasteiger partial charge in [0.05, 0.1) is 0 Å². The van der Waals surface area contributed by atoms with Crippen LogP contribution in [0, 0.1) is 5.92 Å². The first-order valence-corrected chi connectivity index (χ1v) is 7.09. The molecular formula is C14H24O4. The topological polar surface area (TPSA) is 52.6 Å². The maximum atomic E-state index is 11.5. The molecule has 0 aromatic rings. The van der Waals surface area contributed by atoms with E-state index in [1.807, 2.05) is 0 Å². The number of cyclic esters (lactones) is 2.